The summed E-state index contributed by atoms with van der Waals surface area (Å²) in [5, 5.41) is 4.22. The maximum Gasteiger partial charge on any atom is 0.255 e. The lowest BCUT2D eigenvalue weighted by atomic mass is 10.1. The molecule has 7 heteroatoms. The van der Waals surface area contributed by atoms with Gasteiger partial charge in [-0.05, 0) is 42.5 Å². The molecule has 1 aromatic heterocycles. The number of benzene rings is 3. The Morgan fingerprint density at radius 2 is 1.83 bits per heavy atom. The Labute approximate surface area is 175 Å². The fourth-order valence-electron chi connectivity index (χ4n) is 3.13. The number of rotatable bonds is 3. The summed E-state index contributed by atoms with van der Waals surface area (Å²) in [7, 11) is 0. The van der Waals surface area contributed by atoms with Crippen LogP contribution in [0.3, 0.4) is 0 Å². The first-order valence-corrected chi connectivity index (χ1v) is 10.2. The van der Waals surface area contributed by atoms with Gasteiger partial charge in [0.15, 0.2) is 11.5 Å². The van der Waals surface area contributed by atoms with Gasteiger partial charge in [-0.15, -0.1) is 11.3 Å². The second-order valence-corrected chi connectivity index (χ2v) is 7.93. The van der Waals surface area contributed by atoms with Crippen molar-refractivity contribution in [2.45, 2.75) is 0 Å². The van der Waals surface area contributed by atoms with E-state index in [1.807, 2.05) is 36.4 Å². The molecule has 4 aromatic rings. The molecule has 0 atom stereocenters. The summed E-state index contributed by atoms with van der Waals surface area (Å²) < 4.78 is 12.2. The standard InChI is InChI=1S/C22H15ClN2O3S/c23-15-7-5-14(22-25-16-3-1-2-4-20(16)29-22)11-17(15)24-21(26)13-6-8-18-19(12-13)28-10-9-27-18/h1-8,11-12H,9-10H2,(H,24,26). The molecule has 0 fully saturated rings. The van der Waals surface area contributed by atoms with Crippen LogP contribution in [0.4, 0.5) is 5.69 Å². The van der Waals surface area contributed by atoms with E-state index in [4.69, 9.17) is 21.1 Å². The molecule has 0 bridgehead atoms. The van der Waals surface area contributed by atoms with Gasteiger partial charge in [0.05, 0.1) is 20.9 Å². The minimum atomic E-state index is -0.273. The number of amides is 1. The van der Waals surface area contributed by atoms with Crippen molar-refractivity contribution in [2.75, 3.05) is 18.5 Å². The molecule has 0 radical (unpaired) electrons. The first-order valence-electron chi connectivity index (χ1n) is 9.04. The molecule has 1 N–H and O–H groups in total. The van der Waals surface area contributed by atoms with Gasteiger partial charge in [-0.1, -0.05) is 29.8 Å². The van der Waals surface area contributed by atoms with Crippen LogP contribution in [0.15, 0.2) is 60.7 Å². The number of carbonyl (C=O) groups excluding carboxylic acids is 1. The molecular formula is C22H15ClN2O3S. The van der Waals surface area contributed by atoms with Crippen LogP contribution in [0.25, 0.3) is 20.8 Å². The molecule has 0 spiro atoms. The van der Waals surface area contributed by atoms with Crippen LogP contribution in [0, 0.1) is 0 Å². The lowest BCUT2D eigenvalue weighted by Gasteiger charge is -2.18. The van der Waals surface area contributed by atoms with Crippen LogP contribution in [-0.4, -0.2) is 24.1 Å². The molecule has 3 aromatic carbocycles. The lowest BCUT2D eigenvalue weighted by molar-refractivity contribution is 0.102. The maximum absolute atomic E-state index is 12.8. The molecule has 2 heterocycles. The van der Waals surface area contributed by atoms with Crippen molar-refractivity contribution in [3.63, 3.8) is 0 Å². The molecule has 0 saturated carbocycles. The van der Waals surface area contributed by atoms with Gasteiger partial charge in [-0.3, -0.25) is 4.79 Å². The molecule has 29 heavy (non-hydrogen) atoms. The lowest BCUT2D eigenvalue weighted by Crippen LogP contribution is -2.17. The summed E-state index contributed by atoms with van der Waals surface area (Å²) >= 11 is 7.93. The number of carbonyl (C=O) groups is 1. The smallest absolute Gasteiger partial charge is 0.255 e. The number of nitrogens with one attached hydrogen (secondary N) is 1. The number of para-hydroxylation sites is 1. The van der Waals surface area contributed by atoms with Gasteiger partial charge < -0.3 is 14.8 Å². The number of hydrogen-bond acceptors (Lipinski definition) is 5. The molecular weight excluding hydrogens is 408 g/mol. The SMILES string of the molecule is O=C(Nc1cc(-c2nc3ccccc3s2)ccc1Cl)c1ccc2c(c1)OCCO2. The fraction of sp³-hybridized carbons (Fsp3) is 0.0909. The molecule has 5 nitrogen and oxygen atoms in total. The summed E-state index contributed by atoms with van der Waals surface area (Å²) in [5.41, 5.74) is 2.84. The number of halogens is 1. The van der Waals surface area contributed by atoms with Gasteiger partial charge >= 0.3 is 0 Å². The number of ether oxygens (including phenoxy) is 2. The molecule has 144 valence electrons. The predicted octanol–water partition coefficient (Wildman–Crippen LogP) is 5.64. The van der Waals surface area contributed by atoms with Crippen molar-refractivity contribution >= 4 is 44.7 Å². The van der Waals surface area contributed by atoms with Crippen molar-refractivity contribution in [1.29, 1.82) is 0 Å². The Bertz CT molecular complexity index is 1200. The Morgan fingerprint density at radius 1 is 1.00 bits per heavy atom. The van der Waals surface area contributed by atoms with Crippen molar-refractivity contribution < 1.29 is 14.3 Å². The van der Waals surface area contributed by atoms with Crippen molar-refractivity contribution in [2.24, 2.45) is 0 Å². The van der Waals surface area contributed by atoms with Gasteiger partial charge in [0.2, 0.25) is 0 Å². The molecule has 0 aliphatic carbocycles. The molecule has 5 rings (SSSR count). The van der Waals surface area contributed by atoms with E-state index < -0.39 is 0 Å². The predicted molar refractivity (Wildman–Crippen MR) is 115 cm³/mol. The minimum Gasteiger partial charge on any atom is -0.486 e. The van der Waals surface area contributed by atoms with E-state index in [0.29, 0.717) is 41.0 Å². The Kier molecular flexibility index (Phi) is 4.58. The van der Waals surface area contributed by atoms with Crippen LogP contribution in [0.2, 0.25) is 5.02 Å². The van der Waals surface area contributed by atoms with Crippen molar-refractivity contribution in [1.82, 2.24) is 4.98 Å². The van der Waals surface area contributed by atoms with Gasteiger partial charge in [-0.25, -0.2) is 4.98 Å². The van der Waals surface area contributed by atoms with Crippen LogP contribution in [0.5, 0.6) is 11.5 Å². The molecule has 1 aliphatic heterocycles. The summed E-state index contributed by atoms with van der Waals surface area (Å²) in [6.07, 6.45) is 0. The second-order valence-electron chi connectivity index (χ2n) is 6.49. The first kappa shape index (κ1) is 18.0. The Balaban J connectivity index is 1.43. The van der Waals surface area contributed by atoms with Gasteiger partial charge in [0.25, 0.3) is 5.91 Å². The molecule has 1 amide bonds. The van der Waals surface area contributed by atoms with Gasteiger partial charge in [0, 0.05) is 11.1 Å². The van der Waals surface area contributed by atoms with Crippen LogP contribution >= 0.6 is 22.9 Å². The largest absolute Gasteiger partial charge is 0.486 e. The van der Waals surface area contributed by atoms with E-state index in [1.54, 1.807) is 35.6 Å². The molecule has 0 unspecified atom stereocenters. The Hall–Kier alpha value is -3.09. The summed E-state index contributed by atoms with van der Waals surface area (Å²) in [5.74, 6) is 0.937. The van der Waals surface area contributed by atoms with Crippen LogP contribution < -0.4 is 14.8 Å². The average molecular weight is 423 g/mol. The van der Waals surface area contributed by atoms with Crippen LogP contribution in [-0.2, 0) is 0 Å². The monoisotopic (exact) mass is 422 g/mol. The van der Waals surface area contributed by atoms with E-state index in [0.717, 1.165) is 20.8 Å². The molecule has 0 saturated heterocycles. The number of nitrogens with zero attached hydrogens (tertiary/aromatic N) is 1. The number of thiazole rings is 1. The highest BCUT2D eigenvalue weighted by Crippen LogP contribution is 2.35. The summed E-state index contributed by atoms with van der Waals surface area (Å²) in [6, 6.07) is 18.6. The van der Waals surface area contributed by atoms with E-state index in [9.17, 15) is 4.79 Å². The number of fused-ring (bicyclic) bond motifs is 2. The van der Waals surface area contributed by atoms with E-state index in [1.165, 1.54) is 0 Å². The number of aromatic nitrogens is 1. The van der Waals surface area contributed by atoms with E-state index in [-0.39, 0.29) is 5.91 Å². The maximum atomic E-state index is 12.8. The van der Waals surface area contributed by atoms with Crippen molar-refractivity contribution in [3.8, 4) is 22.1 Å². The zero-order valence-corrected chi connectivity index (χ0v) is 16.7. The highest BCUT2D eigenvalue weighted by molar-refractivity contribution is 7.21. The first-order chi connectivity index (χ1) is 14.2. The Morgan fingerprint density at radius 3 is 2.69 bits per heavy atom. The third kappa shape index (κ3) is 3.52. The normalized spacial score (nSPS) is 12.7. The third-order valence-corrected chi connectivity index (χ3v) is 5.97. The second kappa shape index (κ2) is 7.39. The zero-order valence-electron chi connectivity index (χ0n) is 15.1. The summed E-state index contributed by atoms with van der Waals surface area (Å²) in [6.45, 7) is 0.973. The van der Waals surface area contributed by atoms with E-state index >= 15 is 0 Å². The third-order valence-electron chi connectivity index (χ3n) is 4.56. The zero-order chi connectivity index (χ0) is 19.8. The topological polar surface area (TPSA) is 60.5 Å². The highest BCUT2D eigenvalue weighted by atomic mass is 35.5. The number of hydrogen-bond donors (Lipinski definition) is 1. The summed E-state index contributed by atoms with van der Waals surface area (Å²) in [4.78, 5) is 17.4. The number of anilines is 1. The fourth-order valence-corrected chi connectivity index (χ4v) is 4.26. The van der Waals surface area contributed by atoms with Crippen LogP contribution in [0.1, 0.15) is 10.4 Å². The minimum absolute atomic E-state index is 0.273. The van der Waals surface area contributed by atoms with Gasteiger partial charge in [0.1, 0.15) is 18.2 Å². The quantitative estimate of drug-likeness (QED) is 0.464. The highest BCUT2D eigenvalue weighted by Gasteiger charge is 2.16. The average Bonchev–Trinajstić information content (AvgIpc) is 3.19. The van der Waals surface area contributed by atoms with Crippen molar-refractivity contribution in [3.05, 3.63) is 71.2 Å². The van der Waals surface area contributed by atoms with Gasteiger partial charge in [-0.2, -0.15) is 0 Å². The molecule has 1 aliphatic rings. The van der Waals surface area contributed by atoms with E-state index in [2.05, 4.69) is 10.3 Å².